The van der Waals surface area contributed by atoms with Crippen molar-refractivity contribution in [2.75, 3.05) is 24.3 Å². The van der Waals surface area contributed by atoms with E-state index in [9.17, 15) is 4.57 Å². The molecule has 2 nitrogen and oxygen atoms in total. The Morgan fingerprint density at radius 3 is 2.56 bits per heavy atom. The molecular formula is C12H24BrO2P. The molecule has 16 heavy (non-hydrogen) atoms. The van der Waals surface area contributed by atoms with Crippen molar-refractivity contribution < 1.29 is 9.09 Å². The number of hydrogen-bond acceptors (Lipinski definition) is 2. The highest BCUT2D eigenvalue weighted by molar-refractivity contribution is 9.09. The topological polar surface area (TPSA) is 26.3 Å². The fourth-order valence-electron chi connectivity index (χ4n) is 2.51. The number of halogens is 1. The zero-order valence-corrected chi connectivity index (χ0v) is 12.8. The largest absolute Gasteiger partial charge is 0.329 e. The lowest BCUT2D eigenvalue weighted by Crippen LogP contribution is -2.14. The van der Waals surface area contributed by atoms with Crippen molar-refractivity contribution in [3.63, 3.8) is 0 Å². The first-order chi connectivity index (χ1) is 7.70. The summed E-state index contributed by atoms with van der Waals surface area (Å²) in [6.45, 7) is 2.54. The van der Waals surface area contributed by atoms with Gasteiger partial charge in [-0.25, -0.2) is 0 Å². The molecule has 0 aromatic carbocycles. The highest BCUT2D eigenvalue weighted by Crippen LogP contribution is 2.51. The lowest BCUT2D eigenvalue weighted by molar-refractivity contribution is 0.315. The van der Waals surface area contributed by atoms with Crippen molar-refractivity contribution >= 4 is 23.3 Å². The van der Waals surface area contributed by atoms with Crippen LogP contribution in [0.1, 0.15) is 45.4 Å². The molecule has 1 aliphatic rings. The maximum absolute atomic E-state index is 12.6. The van der Waals surface area contributed by atoms with Gasteiger partial charge in [-0.05, 0) is 32.1 Å². The van der Waals surface area contributed by atoms with Gasteiger partial charge in [0.15, 0.2) is 0 Å². The molecule has 0 N–H and O–H groups in total. The van der Waals surface area contributed by atoms with Gasteiger partial charge in [0, 0.05) is 17.7 Å². The molecule has 1 atom stereocenters. The van der Waals surface area contributed by atoms with Crippen molar-refractivity contribution in [3.05, 3.63) is 0 Å². The van der Waals surface area contributed by atoms with Crippen molar-refractivity contribution in [2.24, 2.45) is 5.92 Å². The Kier molecular flexibility index (Phi) is 7.27. The molecule has 0 amide bonds. The van der Waals surface area contributed by atoms with Gasteiger partial charge < -0.3 is 4.52 Å². The molecule has 4 heteroatoms. The average molecular weight is 311 g/mol. The van der Waals surface area contributed by atoms with Crippen LogP contribution in [0, 0.1) is 5.92 Å². The van der Waals surface area contributed by atoms with E-state index in [1.54, 1.807) is 0 Å². The van der Waals surface area contributed by atoms with E-state index in [1.165, 1.54) is 32.1 Å². The molecule has 1 aliphatic carbocycles. The van der Waals surface area contributed by atoms with E-state index in [-0.39, 0.29) is 0 Å². The molecule has 0 saturated heterocycles. The van der Waals surface area contributed by atoms with Crippen molar-refractivity contribution in [3.8, 4) is 0 Å². The van der Waals surface area contributed by atoms with E-state index in [0.29, 0.717) is 12.5 Å². The van der Waals surface area contributed by atoms with Gasteiger partial charge in [-0.15, -0.1) is 0 Å². The molecule has 0 aliphatic heterocycles. The zero-order chi connectivity index (χ0) is 11.9. The normalized spacial score (nSPS) is 21.9. The third-order valence-electron chi connectivity index (χ3n) is 3.26. The molecule has 96 valence electrons. The van der Waals surface area contributed by atoms with E-state index in [4.69, 9.17) is 4.52 Å². The number of alkyl halides is 1. The monoisotopic (exact) mass is 310 g/mol. The highest BCUT2D eigenvalue weighted by Gasteiger charge is 2.27. The average Bonchev–Trinajstić information content (AvgIpc) is 2.28. The van der Waals surface area contributed by atoms with Gasteiger partial charge in [-0.1, -0.05) is 35.2 Å². The summed E-state index contributed by atoms with van der Waals surface area (Å²) in [6.07, 6.45) is 9.04. The fraction of sp³-hybridized carbons (Fsp3) is 1.00. The Balaban J connectivity index is 2.44. The maximum Gasteiger partial charge on any atom is 0.203 e. The molecule has 0 bridgehead atoms. The van der Waals surface area contributed by atoms with Crippen LogP contribution in [0.15, 0.2) is 0 Å². The molecule has 0 aromatic heterocycles. The lowest BCUT2D eigenvalue weighted by Gasteiger charge is -2.26. The summed E-state index contributed by atoms with van der Waals surface area (Å²) < 4.78 is 18.2. The molecule has 1 saturated carbocycles. The van der Waals surface area contributed by atoms with Crippen LogP contribution >= 0.6 is 23.3 Å². The number of rotatable bonds is 7. The standard InChI is InChI=1S/C12H24BrO2P/c1-2-15-16(14,10-6-9-13)11-12-7-4-3-5-8-12/h12H,2-11H2,1H3. The van der Waals surface area contributed by atoms with Gasteiger partial charge in [-0.2, -0.15) is 0 Å². The van der Waals surface area contributed by atoms with Crippen LogP contribution < -0.4 is 0 Å². The van der Waals surface area contributed by atoms with Crippen LogP contribution in [0.4, 0.5) is 0 Å². The predicted octanol–water partition coefficient (Wildman–Crippen LogP) is 4.67. The van der Waals surface area contributed by atoms with Crippen molar-refractivity contribution in [2.45, 2.75) is 45.4 Å². The van der Waals surface area contributed by atoms with Gasteiger partial charge in [0.05, 0.1) is 6.61 Å². The van der Waals surface area contributed by atoms with Crippen molar-refractivity contribution in [1.29, 1.82) is 0 Å². The SMILES string of the molecule is CCOP(=O)(CCCBr)CC1CCCCC1. The molecule has 0 spiro atoms. The minimum absolute atomic E-state index is 0.590. The minimum Gasteiger partial charge on any atom is -0.329 e. The second-order valence-corrected chi connectivity index (χ2v) is 8.18. The van der Waals surface area contributed by atoms with Gasteiger partial charge >= 0.3 is 0 Å². The third kappa shape index (κ3) is 5.33. The lowest BCUT2D eigenvalue weighted by atomic mass is 9.91. The summed E-state index contributed by atoms with van der Waals surface area (Å²) in [5.74, 6) is 0.654. The summed E-state index contributed by atoms with van der Waals surface area (Å²) in [7, 11) is -2.33. The van der Waals surface area contributed by atoms with Crippen molar-refractivity contribution in [1.82, 2.24) is 0 Å². The Morgan fingerprint density at radius 1 is 1.31 bits per heavy atom. The second-order valence-electron chi connectivity index (χ2n) is 4.69. The van der Waals surface area contributed by atoms with Gasteiger partial charge in [0.2, 0.25) is 7.37 Å². The zero-order valence-electron chi connectivity index (χ0n) is 10.3. The van der Waals surface area contributed by atoms with E-state index in [2.05, 4.69) is 15.9 Å². The van der Waals surface area contributed by atoms with E-state index >= 15 is 0 Å². The second kappa shape index (κ2) is 7.89. The molecule has 1 unspecified atom stereocenters. The first-order valence-electron chi connectivity index (χ1n) is 6.49. The third-order valence-corrected chi connectivity index (χ3v) is 6.62. The van der Waals surface area contributed by atoms with Crippen LogP contribution in [-0.4, -0.2) is 24.3 Å². The fourth-order valence-corrected chi connectivity index (χ4v) is 5.90. The molecule has 1 rings (SSSR count). The van der Waals surface area contributed by atoms with E-state index in [0.717, 1.165) is 24.1 Å². The summed E-state index contributed by atoms with van der Waals surface area (Å²) in [6, 6.07) is 0. The van der Waals surface area contributed by atoms with E-state index < -0.39 is 7.37 Å². The van der Waals surface area contributed by atoms with Crippen LogP contribution in [0.3, 0.4) is 0 Å². The Bertz CT molecular complexity index is 227. The van der Waals surface area contributed by atoms with Gasteiger partial charge in [0.25, 0.3) is 0 Å². The Morgan fingerprint density at radius 2 is 2.00 bits per heavy atom. The van der Waals surface area contributed by atoms with Crippen LogP contribution in [-0.2, 0) is 9.09 Å². The Labute approximate surface area is 108 Å². The van der Waals surface area contributed by atoms with Crippen LogP contribution in [0.5, 0.6) is 0 Å². The minimum atomic E-state index is -2.33. The molecule has 1 fully saturated rings. The maximum atomic E-state index is 12.6. The smallest absolute Gasteiger partial charge is 0.203 e. The first-order valence-corrected chi connectivity index (χ1v) is 9.60. The molecule has 0 radical (unpaired) electrons. The highest BCUT2D eigenvalue weighted by atomic mass is 79.9. The molecule has 0 heterocycles. The van der Waals surface area contributed by atoms with Gasteiger partial charge in [-0.3, -0.25) is 4.57 Å². The molecular weight excluding hydrogens is 287 g/mol. The Hall–Kier alpha value is 0.670. The summed E-state index contributed by atoms with van der Waals surface area (Å²) in [5, 5.41) is 0.925. The van der Waals surface area contributed by atoms with Crippen LogP contribution in [0.2, 0.25) is 0 Å². The predicted molar refractivity (Wildman–Crippen MR) is 74.0 cm³/mol. The first kappa shape index (κ1) is 14.7. The summed E-state index contributed by atoms with van der Waals surface area (Å²) >= 11 is 3.40. The molecule has 0 aromatic rings. The summed E-state index contributed by atoms with van der Waals surface area (Å²) in [4.78, 5) is 0. The van der Waals surface area contributed by atoms with E-state index in [1.807, 2.05) is 6.92 Å². The van der Waals surface area contributed by atoms with Gasteiger partial charge in [0.1, 0.15) is 0 Å². The van der Waals surface area contributed by atoms with Crippen LogP contribution in [0.25, 0.3) is 0 Å². The quantitative estimate of drug-likeness (QED) is 0.504. The number of hydrogen-bond donors (Lipinski definition) is 0. The summed E-state index contributed by atoms with van der Waals surface area (Å²) in [5.41, 5.74) is 0.